The van der Waals surface area contributed by atoms with Gasteiger partial charge in [0.25, 0.3) is 0 Å². The van der Waals surface area contributed by atoms with E-state index in [9.17, 15) is 4.79 Å². The minimum atomic E-state index is 0.0553. The van der Waals surface area contributed by atoms with Gasteiger partial charge in [-0.2, -0.15) is 0 Å². The molecule has 1 atom stereocenters. The smallest absolute Gasteiger partial charge is 0.224 e. The van der Waals surface area contributed by atoms with Crippen molar-refractivity contribution in [2.24, 2.45) is 0 Å². The van der Waals surface area contributed by atoms with Gasteiger partial charge in [0.15, 0.2) is 5.82 Å². The summed E-state index contributed by atoms with van der Waals surface area (Å²) in [5.41, 5.74) is 2.58. The third-order valence-corrected chi connectivity index (χ3v) is 4.20. The maximum absolute atomic E-state index is 12.0. The lowest BCUT2D eigenvalue weighted by Gasteiger charge is -2.14. The predicted octanol–water partition coefficient (Wildman–Crippen LogP) is 2.00. The van der Waals surface area contributed by atoms with Gasteiger partial charge in [-0.3, -0.25) is 4.79 Å². The highest BCUT2D eigenvalue weighted by atomic mass is 16.2. The molecule has 3 aromatic rings. The topological polar surface area (TPSA) is 79.7 Å². The van der Waals surface area contributed by atoms with Crippen molar-refractivity contribution in [1.29, 1.82) is 0 Å². The van der Waals surface area contributed by atoms with Gasteiger partial charge in [-0.15, -0.1) is 5.10 Å². The minimum absolute atomic E-state index is 0.0553. The van der Waals surface area contributed by atoms with Crippen LogP contribution in [0.4, 0.5) is 0 Å². The number of carbonyl (C=O) groups is 1. The number of H-pyrrole nitrogens is 1. The van der Waals surface area contributed by atoms with Crippen LogP contribution < -0.4 is 0 Å². The molecule has 1 aliphatic heterocycles. The molecule has 1 unspecified atom stereocenters. The molecular weight excluding hydrogens is 292 g/mol. The van der Waals surface area contributed by atoms with Crippen LogP contribution in [0.15, 0.2) is 30.5 Å². The van der Waals surface area contributed by atoms with Gasteiger partial charge in [-0.1, -0.05) is 24.3 Å². The first kappa shape index (κ1) is 13.9. The SMILES string of the molecule is CCCN1CC(n2cc(-c3nc4ccccc4[nH]3)nn2)CC1=O. The number of likely N-dealkylation sites (tertiary alicyclic amines) is 1. The zero-order valence-electron chi connectivity index (χ0n) is 12.9. The third kappa shape index (κ3) is 2.48. The van der Waals surface area contributed by atoms with Gasteiger partial charge >= 0.3 is 0 Å². The van der Waals surface area contributed by atoms with Crippen molar-refractivity contribution in [3.8, 4) is 11.5 Å². The summed E-state index contributed by atoms with van der Waals surface area (Å²) in [4.78, 5) is 21.7. The van der Waals surface area contributed by atoms with Crippen LogP contribution in [-0.4, -0.2) is 48.9 Å². The van der Waals surface area contributed by atoms with Crippen LogP contribution in [0.25, 0.3) is 22.6 Å². The number of nitrogens with one attached hydrogen (secondary N) is 1. The van der Waals surface area contributed by atoms with E-state index in [0.717, 1.165) is 24.0 Å². The molecule has 0 radical (unpaired) electrons. The van der Waals surface area contributed by atoms with Crippen LogP contribution in [0.3, 0.4) is 0 Å². The Balaban J connectivity index is 1.58. The molecule has 7 heteroatoms. The second-order valence-corrected chi connectivity index (χ2v) is 5.88. The van der Waals surface area contributed by atoms with Gasteiger partial charge in [-0.25, -0.2) is 9.67 Å². The van der Waals surface area contributed by atoms with Gasteiger partial charge in [-0.05, 0) is 18.6 Å². The fourth-order valence-corrected chi connectivity index (χ4v) is 3.05. The lowest BCUT2D eigenvalue weighted by atomic mass is 10.2. The van der Waals surface area contributed by atoms with E-state index in [-0.39, 0.29) is 11.9 Å². The summed E-state index contributed by atoms with van der Waals surface area (Å²) in [6.07, 6.45) is 3.33. The average Bonchev–Trinajstić information content (AvgIpc) is 3.25. The van der Waals surface area contributed by atoms with E-state index in [2.05, 4.69) is 27.2 Å². The summed E-state index contributed by atoms with van der Waals surface area (Å²) in [5.74, 6) is 0.893. The first-order chi connectivity index (χ1) is 11.2. The number of para-hydroxylation sites is 2. The molecule has 1 fully saturated rings. The number of hydrogen-bond donors (Lipinski definition) is 1. The lowest BCUT2D eigenvalue weighted by molar-refractivity contribution is -0.127. The molecular formula is C16H18N6O. The van der Waals surface area contributed by atoms with Crippen molar-refractivity contribution < 1.29 is 4.79 Å². The number of rotatable bonds is 4. The third-order valence-electron chi connectivity index (χ3n) is 4.20. The number of amides is 1. The van der Waals surface area contributed by atoms with E-state index < -0.39 is 0 Å². The highest BCUT2D eigenvalue weighted by Gasteiger charge is 2.31. The van der Waals surface area contributed by atoms with Crippen LogP contribution >= 0.6 is 0 Å². The molecule has 118 valence electrons. The Bertz CT molecular complexity index is 818. The van der Waals surface area contributed by atoms with Crippen LogP contribution in [0.1, 0.15) is 25.8 Å². The fourth-order valence-electron chi connectivity index (χ4n) is 3.05. The molecule has 2 aromatic heterocycles. The number of aromatic nitrogens is 5. The molecule has 0 saturated carbocycles. The van der Waals surface area contributed by atoms with Gasteiger partial charge in [0, 0.05) is 13.1 Å². The van der Waals surface area contributed by atoms with Crippen molar-refractivity contribution in [1.82, 2.24) is 29.9 Å². The van der Waals surface area contributed by atoms with Gasteiger partial charge < -0.3 is 9.88 Å². The normalized spacial score (nSPS) is 18.2. The highest BCUT2D eigenvalue weighted by Crippen LogP contribution is 2.24. The van der Waals surface area contributed by atoms with E-state index in [1.54, 1.807) is 4.68 Å². The molecule has 1 aromatic carbocycles. The molecule has 23 heavy (non-hydrogen) atoms. The summed E-state index contributed by atoms with van der Waals surface area (Å²) in [6.45, 7) is 3.59. The second-order valence-electron chi connectivity index (χ2n) is 5.88. The second kappa shape index (κ2) is 5.49. The van der Waals surface area contributed by atoms with Gasteiger partial charge in [0.05, 0.1) is 29.7 Å². The average molecular weight is 310 g/mol. The van der Waals surface area contributed by atoms with E-state index >= 15 is 0 Å². The number of aromatic amines is 1. The molecule has 1 aliphatic rings. The number of carbonyl (C=O) groups excluding carboxylic acids is 1. The predicted molar refractivity (Wildman–Crippen MR) is 85.6 cm³/mol. The monoisotopic (exact) mass is 310 g/mol. The number of benzene rings is 1. The molecule has 3 heterocycles. The Labute approximate surface area is 133 Å². The Morgan fingerprint density at radius 1 is 1.35 bits per heavy atom. The molecule has 1 N–H and O–H groups in total. The van der Waals surface area contributed by atoms with Crippen molar-refractivity contribution in [2.45, 2.75) is 25.8 Å². The first-order valence-electron chi connectivity index (χ1n) is 7.89. The maximum atomic E-state index is 12.0. The number of fused-ring (bicyclic) bond motifs is 1. The molecule has 1 amide bonds. The summed E-state index contributed by atoms with van der Waals surface area (Å²) >= 11 is 0. The van der Waals surface area contributed by atoms with E-state index in [4.69, 9.17) is 0 Å². The molecule has 0 bridgehead atoms. The van der Waals surface area contributed by atoms with Gasteiger partial charge in [0.2, 0.25) is 5.91 Å². The van der Waals surface area contributed by atoms with Crippen LogP contribution in [0, 0.1) is 0 Å². The van der Waals surface area contributed by atoms with Gasteiger partial charge in [0.1, 0.15) is 5.69 Å². The number of hydrogen-bond acceptors (Lipinski definition) is 4. The zero-order chi connectivity index (χ0) is 15.8. The Kier molecular flexibility index (Phi) is 3.33. The van der Waals surface area contributed by atoms with E-state index in [1.807, 2.05) is 35.4 Å². The highest BCUT2D eigenvalue weighted by molar-refractivity contribution is 5.79. The fraction of sp³-hybridized carbons (Fsp3) is 0.375. The number of nitrogens with zero attached hydrogens (tertiary/aromatic N) is 5. The molecule has 0 spiro atoms. The van der Waals surface area contributed by atoms with E-state index in [0.29, 0.717) is 24.5 Å². The Morgan fingerprint density at radius 3 is 3.04 bits per heavy atom. The van der Waals surface area contributed by atoms with Crippen molar-refractivity contribution in [3.05, 3.63) is 30.5 Å². The standard InChI is InChI=1S/C16H18N6O/c1-2-7-21-9-11(8-15(21)23)22-10-14(19-20-22)16-17-12-5-3-4-6-13(12)18-16/h3-6,10-11H,2,7-9H2,1H3,(H,17,18). The molecule has 7 nitrogen and oxygen atoms in total. The quantitative estimate of drug-likeness (QED) is 0.799. The summed E-state index contributed by atoms with van der Waals surface area (Å²) in [7, 11) is 0. The summed E-state index contributed by atoms with van der Waals surface area (Å²) in [5, 5.41) is 8.41. The zero-order valence-corrected chi connectivity index (χ0v) is 12.9. The largest absolute Gasteiger partial charge is 0.340 e. The lowest BCUT2D eigenvalue weighted by Crippen LogP contribution is -2.26. The Morgan fingerprint density at radius 2 is 2.22 bits per heavy atom. The minimum Gasteiger partial charge on any atom is -0.340 e. The molecule has 4 rings (SSSR count). The van der Waals surface area contributed by atoms with Crippen LogP contribution in [0.2, 0.25) is 0 Å². The molecule has 0 aliphatic carbocycles. The summed E-state index contributed by atoms with van der Waals surface area (Å²) in [6, 6.07) is 7.91. The van der Waals surface area contributed by atoms with E-state index in [1.165, 1.54) is 0 Å². The van der Waals surface area contributed by atoms with Crippen molar-refractivity contribution >= 4 is 16.9 Å². The van der Waals surface area contributed by atoms with Crippen LogP contribution in [-0.2, 0) is 4.79 Å². The van der Waals surface area contributed by atoms with Crippen LogP contribution in [0.5, 0.6) is 0 Å². The van der Waals surface area contributed by atoms with Crippen molar-refractivity contribution in [2.75, 3.05) is 13.1 Å². The first-order valence-corrected chi connectivity index (χ1v) is 7.89. The van der Waals surface area contributed by atoms with Crippen molar-refractivity contribution in [3.63, 3.8) is 0 Å². The summed E-state index contributed by atoms with van der Waals surface area (Å²) < 4.78 is 1.79. The Hall–Kier alpha value is -2.70. The molecule has 1 saturated heterocycles. The number of imidazole rings is 1. The maximum Gasteiger partial charge on any atom is 0.224 e.